The Labute approximate surface area is 31.1 Å². The highest BCUT2D eigenvalue weighted by molar-refractivity contribution is 7.72. The number of halogens is 1. The van der Waals surface area contributed by atoms with Crippen LogP contribution in [0.4, 0.5) is 0 Å². The van der Waals surface area contributed by atoms with Crippen LogP contribution in [0.15, 0.2) is 0 Å². The lowest BCUT2D eigenvalue weighted by molar-refractivity contribution is 1.57. The van der Waals surface area contributed by atoms with E-state index in [9.17, 15) is 0 Å². The molecule has 3 heteroatoms. The number of rotatable bonds is 0. The molecule has 0 unspecified atom stereocenters. The molecule has 21 valence electrons. The molecule has 0 heterocycles. The van der Waals surface area contributed by atoms with Crippen molar-refractivity contribution >= 4 is 19.2 Å². The largest absolute Gasteiger partial charge is 0.192 e. The van der Waals surface area contributed by atoms with E-state index in [1.807, 2.05) is 0 Å². The third-order valence-corrected chi connectivity index (χ3v) is 0.340. The third-order valence-electron chi connectivity index (χ3n) is 0.0378. The second-order valence-electron chi connectivity index (χ2n) is 0.185. The van der Waals surface area contributed by atoms with E-state index < -0.39 is 0 Å². The first kappa shape index (κ1) is 4.21. The molecule has 0 fully saturated rings. The Hall–Kier alpha value is 0.210. The topological polar surface area (TPSA) is 23.8 Å². The fraction of sp³-hybridized carbons (Fsp3) is 0. The Kier molecular flexibility index (Phi) is 3.38. The molecule has 0 aliphatic rings. The minimum Gasteiger partial charge on any atom is -0.192 e. The Morgan fingerprint density at radius 1 is 2.00 bits per heavy atom. The summed E-state index contributed by atoms with van der Waals surface area (Å²) in [6, 6.07) is 0. The van der Waals surface area contributed by atoms with Gasteiger partial charge in [-0.1, -0.05) is 11.2 Å². The third kappa shape index (κ3) is 2.21. The van der Waals surface area contributed by atoms with Gasteiger partial charge in [0, 0.05) is 0 Å². The summed E-state index contributed by atoms with van der Waals surface area (Å²) in [5.74, 6) is 1.67. The molecule has 0 bridgehead atoms. The molecule has 0 saturated heterocycles. The van der Waals surface area contributed by atoms with Crippen LogP contribution in [-0.4, -0.2) is 0 Å². The fourth-order valence-electron chi connectivity index (χ4n) is 0. The van der Waals surface area contributed by atoms with E-state index in [2.05, 4.69) is 0 Å². The van der Waals surface area contributed by atoms with Crippen molar-refractivity contribution in [2.45, 2.75) is 0 Å². The van der Waals surface area contributed by atoms with Crippen molar-refractivity contribution in [3.63, 3.8) is 0 Å². The van der Waals surface area contributed by atoms with Crippen molar-refractivity contribution in [2.75, 3.05) is 0 Å². The number of nitriles is 1. The maximum atomic E-state index is 7.48. The van der Waals surface area contributed by atoms with E-state index in [0.717, 1.165) is 0 Å². The zero-order chi connectivity index (χ0) is 3.41. The van der Waals surface area contributed by atoms with E-state index in [0.29, 0.717) is 0 Å². The smallest absolute Gasteiger partial charge is 0.152 e. The predicted molar refractivity (Wildman–Crippen MR) is 18.4 cm³/mol. The summed E-state index contributed by atoms with van der Waals surface area (Å²) in [5, 5.41) is 7.48. The second kappa shape index (κ2) is 3.21. The highest BCUT2D eigenvalue weighted by Gasteiger charge is 1.56. The highest BCUT2D eigenvalue weighted by Crippen LogP contribution is 2.09. The van der Waals surface area contributed by atoms with E-state index in [-0.39, 0.29) is 7.93 Å². The van der Waals surface area contributed by atoms with E-state index in [1.165, 1.54) is 0 Å². The molecule has 0 aromatic carbocycles. The van der Waals surface area contributed by atoms with Gasteiger partial charge in [-0.25, -0.2) is 0 Å². The average molecular weight is 92.4 g/mol. The van der Waals surface area contributed by atoms with Gasteiger partial charge in [0.05, 0.1) is 0 Å². The lowest BCUT2D eigenvalue weighted by atomic mass is 11.8. The van der Waals surface area contributed by atoms with Crippen molar-refractivity contribution in [1.82, 2.24) is 0 Å². The van der Waals surface area contributed by atoms with Crippen LogP contribution in [0, 0.1) is 11.1 Å². The molecule has 0 rings (SSSR count). The van der Waals surface area contributed by atoms with Gasteiger partial charge in [0.1, 0.15) is 5.81 Å². The molecule has 0 saturated carbocycles. The van der Waals surface area contributed by atoms with Gasteiger partial charge in [0.15, 0.2) is 7.93 Å². The molecule has 0 atom stereocenters. The van der Waals surface area contributed by atoms with Gasteiger partial charge in [-0.3, -0.25) is 0 Å². The van der Waals surface area contributed by atoms with Crippen LogP contribution in [0.3, 0.4) is 0 Å². The van der Waals surface area contributed by atoms with Gasteiger partial charge in [-0.2, -0.15) is 5.26 Å². The maximum absolute atomic E-state index is 7.48. The van der Waals surface area contributed by atoms with Gasteiger partial charge < -0.3 is 0 Å². The molecular weight excluding hydrogens is 92.4 g/mol. The van der Waals surface area contributed by atoms with Crippen LogP contribution in [0.1, 0.15) is 0 Å². The summed E-state index contributed by atoms with van der Waals surface area (Å²) < 4.78 is 0. The van der Waals surface area contributed by atoms with Crippen LogP contribution < -0.4 is 0 Å². The number of nitrogens with zero attached hydrogens (tertiary/aromatic N) is 1. The van der Waals surface area contributed by atoms with Crippen LogP contribution in [-0.2, 0) is 0 Å². The van der Waals surface area contributed by atoms with Gasteiger partial charge >= 0.3 is 0 Å². The minimum atomic E-state index is 0.276. The van der Waals surface area contributed by atoms with Crippen molar-refractivity contribution in [1.29, 1.82) is 5.26 Å². The quantitative estimate of drug-likeness (QED) is 0.416. The molecule has 0 aromatic rings. The molecule has 0 N–H and O–H groups in total. The molecule has 4 heavy (non-hydrogen) atoms. The van der Waals surface area contributed by atoms with Crippen LogP contribution in [0.5, 0.6) is 0 Å². The number of hydrogen-bond acceptors (Lipinski definition) is 1. The molecule has 1 radical (unpaired) electrons. The molecule has 1 nitrogen and oxygen atoms in total. The van der Waals surface area contributed by atoms with Gasteiger partial charge in [0.2, 0.25) is 0 Å². The van der Waals surface area contributed by atoms with Crippen LogP contribution in [0.2, 0.25) is 0 Å². The molecular formula is CClNP. The van der Waals surface area contributed by atoms with Crippen LogP contribution in [0.25, 0.3) is 0 Å². The summed E-state index contributed by atoms with van der Waals surface area (Å²) in [7, 11) is 0.276. The zero-order valence-corrected chi connectivity index (χ0v) is 3.42. The zero-order valence-electron chi connectivity index (χ0n) is 1.77. The lowest BCUT2D eigenvalue weighted by Crippen LogP contribution is -1.05. The Morgan fingerprint density at radius 3 is 2.25 bits per heavy atom. The predicted octanol–water partition coefficient (Wildman–Crippen LogP) is 1.57. The Balaban J connectivity index is 2.43. The first-order valence-corrected chi connectivity index (χ1v) is 2.42. The van der Waals surface area contributed by atoms with Crippen molar-refractivity contribution in [2.24, 2.45) is 0 Å². The summed E-state index contributed by atoms with van der Waals surface area (Å²) in [5.41, 5.74) is 0. The molecule has 0 spiro atoms. The highest BCUT2D eigenvalue weighted by atomic mass is 35.7. The van der Waals surface area contributed by atoms with Crippen molar-refractivity contribution in [3.8, 4) is 5.81 Å². The molecule has 0 aliphatic carbocycles. The summed E-state index contributed by atoms with van der Waals surface area (Å²) in [6.45, 7) is 0. The maximum Gasteiger partial charge on any atom is 0.152 e. The SMILES string of the molecule is N#C[P]Cl. The summed E-state index contributed by atoms with van der Waals surface area (Å²) in [4.78, 5) is 0. The number of hydrogen-bond donors (Lipinski definition) is 0. The summed E-state index contributed by atoms with van der Waals surface area (Å²) in [6.07, 6.45) is 0. The first-order valence-electron chi connectivity index (χ1n) is 0.616. The molecule has 0 aromatic heterocycles. The van der Waals surface area contributed by atoms with Gasteiger partial charge in [-0.05, 0) is 0 Å². The van der Waals surface area contributed by atoms with Gasteiger partial charge in [-0.15, -0.1) is 0 Å². The summed E-state index contributed by atoms with van der Waals surface area (Å²) >= 11 is 4.80. The second-order valence-corrected chi connectivity index (χ2v) is 1.06. The van der Waals surface area contributed by atoms with Crippen LogP contribution >= 0.6 is 19.2 Å². The van der Waals surface area contributed by atoms with Crippen molar-refractivity contribution < 1.29 is 0 Å². The Bertz CT molecular complexity index is 37.8. The fourth-order valence-corrected chi connectivity index (χ4v) is 0. The van der Waals surface area contributed by atoms with E-state index in [1.54, 1.807) is 5.81 Å². The Morgan fingerprint density at radius 2 is 2.25 bits per heavy atom. The molecule has 0 amide bonds. The molecule has 0 aliphatic heterocycles. The monoisotopic (exact) mass is 91.9 g/mol. The average Bonchev–Trinajstić information content (AvgIpc) is 1.37. The minimum absolute atomic E-state index is 0.276. The first-order chi connectivity index (χ1) is 1.91. The van der Waals surface area contributed by atoms with E-state index >= 15 is 0 Å². The van der Waals surface area contributed by atoms with E-state index in [4.69, 9.17) is 16.5 Å². The van der Waals surface area contributed by atoms with Gasteiger partial charge in [0.25, 0.3) is 0 Å². The standard InChI is InChI=1S/CClNP/c2-4-1-3. The lowest BCUT2D eigenvalue weighted by Gasteiger charge is -1.40. The normalized spacial score (nSPS) is 8.00. The van der Waals surface area contributed by atoms with Crippen molar-refractivity contribution in [3.05, 3.63) is 0 Å².